The Morgan fingerprint density at radius 2 is 1.80 bits per heavy atom. The molecule has 0 bridgehead atoms. The van der Waals surface area contributed by atoms with E-state index in [9.17, 15) is 8.42 Å². The Bertz CT molecular complexity index is 920. The minimum absolute atomic E-state index is 0.00733. The lowest BCUT2D eigenvalue weighted by Gasteiger charge is -2.06. The maximum Gasteiger partial charge on any atom is 0.215 e. The van der Waals surface area contributed by atoms with Gasteiger partial charge in [0.1, 0.15) is 5.01 Å². The van der Waals surface area contributed by atoms with Gasteiger partial charge < -0.3 is 0 Å². The summed E-state index contributed by atoms with van der Waals surface area (Å²) in [4.78, 5) is 8.54. The van der Waals surface area contributed by atoms with Gasteiger partial charge in [0.05, 0.1) is 11.4 Å². The third kappa shape index (κ3) is 5.19. The van der Waals surface area contributed by atoms with Crippen molar-refractivity contribution in [2.45, 2.75) is 19.1 Å². The summed E-state index contributed by atoms with van der Waals surface area (Å²) in [5, 5.41) is 2.88. The number of nitrogens with zero attached hydrogens (tertiary/aromatic N) is 2. The first-order chi connectivity index (χ1) is 12.0. The Hall–Kier alpha value is -2.09. The maximum absolute atomic E-state index is 12.2. The van der Waals surface area contributed by atoms with Crippen molar-refractivity contribution in [2.75, 3.05) is 6.54 Å². The molecule has 0 amide bonds. The second-order valence-corrected chi connectivity index (χ2v) is 8.43. The van der Waals surface area contributed by atoms with Gasteiger partial charge in [0, 0.05) is 36.3 Å². The van der Waals surface area contributed by atoms with Crippen LogP contribution in [0.1, 0.15) is 16.8 Å². The minimum atomic E-state index is -3.35. The van der Waals surface area contributed by atoms with Crippen LogP contribution in [0.5, 0.6) is 0 Å². The number of pyridine rings is 1. The number of benzene rings is 1. The van der Waals surface area contributed by atoms with Gasteiger partial charge in [0.25, 0.3) is 0 Å². The van der Waals surface area contributed by atoms with E-state index in [4.69, 9.17) is 0 Å². The third-order valence-electron chi connectivity index (χ3n) is 3.66. The van der Waals surface area contributed by atoms with Crippen molar-refractivity contribution >= 4 is 21.4 Å². The lowest BCUT2D eigenvalue weighted by atomic mass is 10.2. The molecular weight excluding hydrogens is 354 g/mol. The van der Waals surface area contributed by atoms with E-state index in [2.05, 4.69) is 14.7 Å². The monoisotopic (exact) mass is 373 g/mol. The Kier molecular flexibility index (Phi) is 5.57. The summed E-state index contributed by atoms with van der Waals surface area (Å²) in [7, 11) is -3.35. The number of sulfonamides is 1. The number of aromatic nitrogens is 2. The highest BCUT2D eigenvalue weighted by Gasteiger charge is 2.12. The van der Waals surface area contributed by atoms with E-state index in [1.807, 2.05) is 48.7 Å². The molecule has 25 heavy (non-hydrogen) atoms. The average molecular weight is 374 g/mol. The molecule has 0 saturated carbocycles. The Labute approximate surface area is 151 Å². The number of nitrogens with one attached hydrogen (secondary N) is 1. The highest BCUT2D eigenvalue weighted by atomic mass is 32.2. The fourth-order valence-corrected chi connectivity index (χ4v) is 4.34. The minimum Gasteiger partial charge on any atom is -0.265 e. The van der Waals surface area contributed by atoms with Crippen LogP contribution in [-0.2, 0) is 22.2 Å². The highest BCUT2D eigenvalue weighted by Crippen LogP contribution is 2.22. The Morgan fingerprint density at radius 3 is 2.52 bits per heavy atom. The lowest BCUT2D eigenvalue weighted by molar-refractivity contribution is 0.580. The van der Waals surface area contributed by atoms with Crippen molar-refractivity contribution in [1.29, 1.82) is 0 Å². The van der Waals surface area contributed by atoms with Crippen LogP contribution in [0.25, 0.3) is 10.6 Å². The molecule has 0 aliphatic carbocycles. The standard InChI is InChI=1S/C18H19N3O2S2/c1-14-2-4-15(5-3-14)13-25(22,23)20-11-8-17-12-24-18(21-17)16-6-9-19-10-7-16/h2-7,9-10,12,20H,8,11,13H2,1H3. The predicted molar refractivity (Wildman–Crippen MR) is 101 cm³/mol. The molecule has 0 saturated heterocycles. The van der Waals surface area contributed by atoms with Crippen LogP contribution < -0.4 is 4.72 Å². The predicted octanol–water partition coefficient (Wildman–Crippen LogP) is 3.18. The molecule has 5 nitrogen and oxygen atoms in total. The molecular formula is C18H19N3O2S2. The van der Waals surface area contributed by atoms with Crippen LogP contribution in [0.3, 0.4) is 0 Å². The average Bonchev–Trinajstić information content (AvgIpc) is 3.06. The summed E-state index contributed by atoms with van der Waals surface area (Å²) >= 11 is 1.55. The summed E-state index contributed by atoms with van der Waals surface area (Å²) in [6.07, 6.45) is 4.03. The summed E-state index contributed by atoms with van der Waals surface area (Å²) < 4.78 is 27.0. The fraction of sp³-hybridized carbons (Fsp3) is 0.222. The Morgan fingerprint density at radius 1 is 1.08 bits per heavy atom. The largest absolute Gasteiger partial charge is 0.265 e. The van der Waals surface area contributed by atoms with Crippen LogP contribution >= 0.6 is 11.3 Å². The van der Waals surface area contributed by atoms with Gasteiger partial charge in [0.2, 0.25) is 10.0 Å². The number of rotatable bonds is 7. The first-order valence-electron chi connectivity index (χ1n) is 7.89. The van der Waals surface area contributed by atoms with E-state index in [1.165, 1.54) is 0 Å². The zero-order valence-corrected chi connectivity index (χ0v) is 15.5. The van der Waals surface area contributed by atoms with Gasteiger partial charge in [-0.3, -0.25) is 4.98 Å². The molecule has 0 aliphatic heterocycles. The van der Waals surface area contributed by atoms with Crippen LogP contribution in [0, 0.1) is 6.92 Å². The summed E-state index contributed by atoms with van der Waals surface area (Å²) in [5.74, 6) is -0.00733. The van der Waals surface area contributed by atoms with Gasteiger partial charge in [-0.25, -0.2) is 18.1 Å². The quantitative estimate of drug-likeness (QED) is 0.690. The van der Waals surface area contributed by atoms with Gasteiger partial charge in [0.15, 0.2) is 0 Å². The molecule has 0 aliphatic rings. The molecule has 7 heteroatoms. The zero-order chi connectivity index (χ0) is 17.7. The van der Waals surface area contributed by atoms with Crippen LogP contribution in [0.15, 0.2) is 54.2 Å². The second-order valence-electron chi connectivity index (χ2n) is 5.77. The molecule has 0 spiro atoms. The Balaban J connectivity index is 1.54. The topological polar surface area (TPSA) is 72.0 Å². The second kappa shape index (κ2) is 7.86. The molecule has 1 aromatic carbocycles. The smallest absolute Gasteiger partial charge is 0.215 e. The van der Waals surface area contributed by atoms with Gasteiger partial charge in [-0.15, -0.1) is 11.3 Å². The van der Waals surface area contributed by atoms with Crippen molar-refractivity contribution in [2.24, 2.45) is 0 Å². The maximum atomic E-state index is 12.2. The molecule has 3 rings (SSSR count). The molecule has 0 atom stereocenters. The molecule has 3 aromatic rings. The van der Waals surface area contributed by atoms with E-state index in [-0.39, 0.29) is 5.75 Å². The van der Waals surface area contributed by atoms with E-state index >= 15 is 0 Å². The number of hydrogen-bond donors (Lipinski definition) is 1. The highest BCUT2D eigenvalue weighted by molar-refractivity contribution is 7.88. The van der Waals surface area contributed by atoms with Crippen molar-refractivity contribution in [3.63, 3.8) is 0 Å². The first-order valence-corrected chi connectivity index (χ1v) is 10.4. The summed E-state index contributed by atoms with van der Waals surface area (Å²) in [5.41, 5.74) is 3.80. The lowest BCUT2D eigenvalue weighted by Crippen LogP contribution is -2.27. The van der Waals surface area contributed by atoms with Crippen LogP contribution in [0.4, 0.5) is 0 Å². The van der Waals surface area contributed by atoms with Crippen LogP contribution in [-0.4, -0.2) is 24.9 Å². The third-order valence-corrected chi connectivity index (χ3v) is 5.96. The molecule has 130 valence electrons. The van der Waals surface area contributed by atoms with E-state index in [1.54, 1.807) is 23.7 Å². The molecule has 0 radical (unpaired) electrons. The van der Waals surface area contributed by atoms with Gasteiger partial charge >= 0.3 is 0 Å². The van der Waals surface area contributed by atoms with Crippen molar-refractivity contribution < 1.29 is 8.42 Å². The van der Waals surface area contributed by atoms with Crippen molar-refractivity contribution in [3.05, 3.63) is 71.0 Å². The first kappa shape index (κ1) is 17.7. The molecule has 2 heterocycles. The summed E-state index contributed by atoms with van der Waals surface area (Å²) in [6.45, 7) is 2.32. The number of hydrogen-bond acceptors (Lipinski definition) is 5. The van der Waals surface area contributed by atoms with E-state index in [0.29, 0.717) is 13.0 Å². The fourth-order valence-electron chi connectivity index (χ4n) is 2.34. The van der Waals surface area contributed by atoms with Gasteiger partial charge in [-0.1, -0.05) is 29.8 Å². The van der Waals surface area contributed by atoms with Crippen molar-refractivity contribution in [3.8, 4) is 10.6 Å². The molecule has 0 unspecified atom stereocenters. The SMILES string of the molecule is Cc1ccc(CS(=O)(=O)NCCc2csc(-c3ccncc3)n2)cc1. The van der Waals surface area contributed by atoms with E-state index in [0.717, 1.165) is 27.4 Å². The molecule has 1 N–H and O–H groups in total. The normalized spacial score (nSPS) is 11.6. The van der Waals surface area contributed by atoms with Crippen molar-refractivity contribution in [1.82, 2.24) is 14.7 Å². The number of thiazole rings is 1. The zero-order valence-electron chi connectivity index (χ0n) is 13.8. The molecule has 2 aromatic heterocycles. The number of aryl methyl sites for hydroxylation is 1. The van der Waals surface area contributed by atoms with Crippen LogP contribution in [0.2, 0.25) is 0 Å². The van der Waals surface area contributed by atoms with E-state index < -0.39 is 10.0 Å². The van der Waals surface area contributed by atoms with Gasteiger partial charge in [-0.05, 0) is 24.6 Å². The summed E-state index contributed by atoms with van der Waals surface area (Å²) in [6, 6.07) is 11.3. The molecule has 0 fully saturated rings. The van der Waals surface area contributed by atoms with Gasteiger partial charge in [-0.2, -0.15) is 0 Å².